The molecule has 28 heteroatoms. The smallest absolute Gasteiger partial charge is 0.234 e. The molecule has 0 aromatic rings. The molecule has 0 amide bonds. The van der Waals surface area contributed by atoms with Crippen LogP contribution < -0.4 is 0 Å². The molecule has 108 heavy (non-hydrogen) atoms. The number of hydrogen-bond acceptors (Lipinski definition) is 12. The minimum absolute atomic E-state index is 0.781. The van der Waals surface area contributed by atoms with Gasteiger partial charge in [0.05, 0.1) is 0 Å². The Morgan fingerprint density at radius 1 is 0.157 bits per heavy atom. The molecule has 0 fully saturated rings. The molecule has 0 atom stereocenters. The molecule has 0 aromatic carbocycles. The fraction of sp³-hybridized carbons (Fsp3) is 1.00. The lowest BCUT2D eigenvalue weighted by Gasteiger charge is -2.36. The van der Waals surface area contributed by atoms with Gasteiger partial charge < -0.3 is 0 Å². The van der Waals surface area contributed by atoms with Gasteiger partial charge in [-0.2, -0.15) is 0 Å². The Morgan fingerprint density at radius 2 is 0.231 bits per heavy atom. The molecule has 0 aliphatic rings. The second-order valence-corrected chi connectivity index (χ2v) is 68.1. The van der Waals surface area contributed by atoms with Crippen LogP contribution in [0.15, 0.2) is 0 Å². The van der Waals surface area contributed by atoms with Crippen LogP contribution in [0.4, 0.5) is 16.8 Å². The molecule has 0 saturated carbocycles. The lowest BCUT2D eigenvalue weighted by molar-refractivity contribution is 0.365. The summed E-state index contributed by atoms with van der Waals surface area (Å²) in [6.45, 7) is 17.6. The fourth-order valence-corrected chi connectivity index (χ4v) is 38.4. The topological polar surface area (TPSA) is 142 Å². The van der Waals surface area contributed by atoms with Gasteiger partial charge >= 0.3 is 31.6 Å². The Balaban J connectivity index is -0.000000668. The van der Waals surface area contributed by atoms with Crippen LogP contribution in [0, 0.1) is 0 Å². The molecule has 0 rings (SSSR count). The van der Waals surface area contributed by atoms with Crippen LogP contribution in [0.2, 0.25) is 0 Å². The third kappa shape index (κ3) is 84.2. The lowest BCUT2D eigenvalue weighted by Crippen LogP contribution is -2.08. The van der Waals surface area contributed by atoms with Gasteiger partial charge in [0.2, 0.25) is 0 Å². The van der Waals surface area contributed by atoms with Crippen molar-refractivity contribution in [1.29, 1.82) is 0 Å². The molecule has 0 aliphatic heterocycles. The molecule has 12 nitrogen and oxygen atoms in total. The van der Waals surface area contributed by atoms with E-state index in [-0.39, 0.29) is 0 Å². The molecule has 0 aliphatic carbocycles. The van der Waals surface area contributed by atoms with Crippen molar-refractivity contribution in [3.63, 3.8) is 0 Å². The Morgan fingerprint density at radius 3 is 0.315 bits per heavy atom. The molecule has 0 radical (unpaired) electrons. The first-order valence-electron chi connectivity index (χ1n) is 42.7. The van der Waals surface area contributed by atoms with Gasteiger partial charge in [-0.05, 0) is 197 Å². The summed E-state index contributed by atoms with van der Waals surface area (Å²) in [7, 11) is -31.5. The Labute approximate surface area is 685 Å². The molecule has 0 bridgehead atoms. The normalized spacial score (nSPS) is 14.5. The molecule has 672 valence electrons. The summed E-state index contributed by atoms with van der Waals surface area (Å²) in [6, 6.07) is 0. The van der Waals surface area contributed by atoms with Crippen molar-refractivity contribution in [2.75, 3.05) is 146 Å². The summed E-state index contributed by atoms with van der Waals surface area (Å²) in [4.78, 5) is 0. The standard InChI is InChI=1S/4C20H46FO3PS2/c4*1-7-9-11-13-15-17-19-26(3,4)23-25(21,22)24-27(5,6)20-18-16-14-12-10-8-2/h4*7-20H2,1-6H3. The summed E-state index contributed by atoms with van der Waals surface area (Å²) in [5, 5.41) is 0. The van der Waals surface area contributed by atoms with E-state index in [4.69, 9.17) is 31.8 Å². The minimum Gasteiger partial charge on any atom is -0.234 e. The molecule has 0 saturated heterocycles. The van der Waals surface area contributed by atoms with Crippen LogP contribution >= 0.6 is 114 Å². The molecular formula is C80H184F4O12P4S8. The average molecular weight is 1790 g/mol. The van der Waals surface area contributed by atoms with Gasteiger partial charge in [0, 0.05) is 0 Å². The Kier molecular flexibility index (Phi) is 73.7. The molecule has 0 N–H and O–H groups in total. The van der Waals surface area contributed by atoms with Crippen molar-refractivity contribution < 1.29 is 66.8 Å². The number of hydrogen-bond donors (Lipinski definition) is 0. The zero-order chi connectivity index (χ0) is 83.3. The van der Waals surface area contributed by atoms with Crippen LogP contribution in [-0.4, -0.2) is 146 Å². The third-order valence-corrected chi connectivity index (χ3v) is 47.0. The Hall–Kier alpha value is 3.12. The van der Waals surface area contributed by atoms with Crippen molar-refractivity contribution in [2.45, 2.75) is 364 Å². The van der Waals surface area contributed by atoms with Crippen LogP contribution in [0.1, 0.15) is 364 Å². The summed E-state index contributed by atoms with van der Waals surface area (Å²) < 4.78 is 151. The lowest BCUT2D eigenvalue weighted by atomic mass is 10.1. The van der Waals surface area contributed by atoms with Crippen molar-refractivity contribution in [2.24, 2.45) is 0 Å². The highest BCUT2D eigenvalue weighted by Gasteiger charge is 2.40. The zero-order valence-corrected chi connectivity index (χ0v) is 85.2. The van der Waals surface area contributed by atoms with Crippen molar-refractivity contribution in [3.05, 3.63) is 0 Å². The van der Waals surface area contributed by atoms with E-state index in [2.05, 4.69) is 55.4 Å². The van der Waals surface area contributed by atoms with Gasteiger partial charge in [-0.1, -0.05) is 312 Å². The van der Waals surface area contributed by atoms with Gasteiger partial charge in [0.25, 0.3) is 0 Å². The number of rotatable bonds is 72. The second-order valence-electron chi connectivity index (χ2n) is 33.6. The second kappa shape index (κ2) is 67.7. The summed E-state index contributed by atoms with van der Waals surface area (Å²) in [5.41, 5.74) is 0. The summed E-state index contributed by atoms with van der Waals surface area (Å²) in [5.74, 6) is 6.25. The van der Waals surface area contributed by atoms with Crippen molar-refractivity contribution >= 4 is 114 Å². The van der Waals surface area contributed by atoms with E-state index in [1.165, 1.54) is 205 Å². The van der Waals surface area contributed by atoms with E-state index in [0.717, 1.165) is 149 Å². The van der Waals surface area contributed by atoms with Crippen LogP contribution in [-0.2, 0) is 50.0 Å². The van der Waals surface area contributed by atoms with E-state index < -0.39 is 114 Å². The van der Waals surface area contributed by atoms with Crippen molar-refractivity contribution in [1.82, 2.24) is 0 Å². The Bertz CT molecular complexity index is 1850. The maximum absolute atomic E-state index is 14.6. The number of unbranched alkanes of at least 4 members (excludes halogenated alkanes) is 40. The minimum atomic E-state index is -4.49. The van der Waals surface area contributed by atoms with E-state index in [1.54, 1.807) is 0 Å². The molecule has 0 heterocycles. The zero-order valence-electron chi connectivity index (χ0n) is 75.1. The SMILES string of the molecule is CCCCCCCCS(C)(C)OP(=O)(F)OS(C)(C)CCCCCCCC.CCCCCCCCS(C)(C)OP(=O)(F)OS(C)(C)CCCCCCCC.CCCCCCCCS(C)(C)OP(=O)(F)OS(C)(C)CCCCCCCC.CCCCCCCCS(C)(C)OP(=O)(F)OS(C)(C)CCCCCCCC. The van der Waals surface area contributed by atoms with E-state index in [1.807, 2.05) is 100 Å². The van der Waals surface area contributed by atoms with Crippen molar-refractivity contribution in [3.8, 4) is 0 Å². The first kappa shape index (κ1) is 117. The maximum atomic E-state index is 14.6. The van der Waals surface area contributed by atoms with Crippen LogP contribution in [0.25, 0.3) is 0 Å². The van der Waals surface area contributed by atoms with Gasteiger partial charge in [-0.25, -0.2) is 50.0 Å². The summed E-state index contributed by atoms with van der Waals surface area (Å²) >= 11 is 0. The maximum Gasteiger partial charge on any atom is 0.532 e. The van der Waals surface area contributed by atoms with Gasteiger partial charge in [0.15, 0.2) is 0 Å². The highest BCUT2D eigenvalue weighted by Crippen LogP contribution is 2.73. The summed E-state index contributed by atoms with van der Waals surface area (Å²) in [6.07, 6.45) is 87.2. The van der Waals surface area contributed by atoms with Gasteiger partial charge in [0.1, 0.15) is 0 Å². The number of halogens is 4. The predicted octanol–water partition coefficient (Wildman–Crippen LogP) is 35.1. The first-order valence-corrected chi connectivity index (χ1v) is 68.8. The van der Waals surface area contributed by atoms with Gasteiger partial charge in [-0.15, -0.1) is 99.3 Å². The predicted molar refractivity (Wildman–Crippen MR) is 505 cm³/mol. The highest BCUT2D eigenvalue weighted by molar-refractivity contribution is 8.34. The monoisotopic (exact) mass is 1790 g/mol. The largest absolute Gasteiger partial charge is 0.532 e. The van der Waals surface area contributed by atoms with E-state index >= 15 is 0 Å². The molecule has 0 spiro atoms. The molecular weight excluding hydrogens is 1610 g/mol. The molecule has 0 aromatic heterocycles. The van der Waals surface area contributed by atoms with E-state index in [0.29, 0.717) is 0 Å². The molecule has 0 unspecified atom stereocenters. The van der Waals surface area contributed by atoms with E-state index in [9.17, 15) is 35.0 Å². The highest BCUT2D eigenvalue weighted by atomic mass is 32.3. The van der Waals surface area contributed by atoms with Crippen LogP contribution in [0.3, 0.4) is 0 Å². The van der Waals surface area contributed by atoms with Crippen LogP contribution in [0.5, 0.6) is 0 Å². The third-order valence-electron chi connectivity index (χ3n) is 18.2. The first-order chi connectivity index (χ1) is 50.1. The average Bonchev–Trinajstić information content (AvgIpc) is 0.860. The quantitative estimate of drug-likeness (QED) is 0.0325. The fourth-order valence-electron chi connectivity index (χ4n) is 12.1. The van der Waals surface area contributed by atoms with Gasteiger partial charge in [-0.3, -0.25) is 0 Å².